The Kier molecular flexibility index (Phi) is 4.14. The fourth-order valence-corrected chi connectivity index (χ4v) is 4.42. The van der Waals surface area contributed by atoms with E-state index in [0.29, 0.717) is 18.2 Å². The number of β-amino-alcohol motifs (C(OH)–C–C–N with tert-alkyl or cyclic N) is 1. The van der Waals surface area contributed by atoms with Crippen LogP contribution in [0.5, 0.6) is 0 Å². The maximum atomic E-state index is 12.8. The minimum absolute atomic E-state index is 0.0377. The molecule has 1 N–H and O–H groups in total. The Balaban J connectivity index is 1.45. The smallest absolute Gasteiger partial charge is 0.273 e. The quantitative estimate of drug-likeness (QED) is 0.929. The molecule has 2 fully saturated rings. The monoisotopic (exact) mass is 342 g/mol. The van der Waals surface area contributed by atoms with Crippen LogP contribution in [0.2, 0.25) is 0 Å². The van der Waals surface area contributed by atoms with Gasteiger partial charge in [0, 0.05) is 18.3 Å². The van der Waals surface area contributed by atoms with Crippen molar-refractivity contribution in [2.24, 2.45) is 5.92 Å². The predicted octanol–water partition coefficient (Wildman–Crippen LogP) is 3.11. The highest BCUT2D eigenvalue weighted by molar-refractivity contribution is 7.09. The molecule has 1 amide bonds. The molecule has 5 heteroatoms. The molecule has 126 valence electrons. The molecule has 1 saturated carbocycles. The highest BCUT2D eigenvalue weighted by Crippen LogP contribution is 2.44. The van der Waals surface area contributed by atoms with Crippen LogP contribution in [0.25, 0.3) is 0 Å². The number of aliphatic hydroxyl groups is 1. The molecule has 1 aliphatic carbocycles. The van der Waals surface area contributed by atoms with Crippen molar-refractivity contribution in [2.75, 3.05) is 13.1 Å². The zero-order chi connectivity index (χ0) is 16.6. The first kappa shape index (κ1) is 15.8. The Morgan fingerprint density at radius 2 is 2.12 bits per heavy atom. The summed E-state index contributed by atoms with van der Waals surface area (Å²) in [4.78, 5) is 19.1. The van der Waals surface area contributed by atoms with Gasteiger partial charge in [0.25, 0.3) is 5.91 Å². The number of hydrogen-bond donors (Lipinski definition) is 1. The summed E-state index contributed by atoms with van der Waals surface area (Å²) in [6.45, 7) is 1.18. The Morgan fingerprint density at radius 3 is 2.88 bits per heavy atom. The number of thiazole rings is 1. The normalized spacial score (nSPS) is 24.1. The lowest BCUT2D eigenvalue weighted by molar-refractivity contribution is -0.0409. The van der Waals surface area contributed by atoms with Crippen LogP contribution in [-0.4, -0.2) is 39.6 Å². The maximum Gasteiger partial charge on any atom is 0.273 e. The van der Waals surface area contributed by atoms with Crippen molar-refractivity contribution in [3.05, 3.63) is 52.0 Å². The van der Waals surface area contributed by atoms with Gasteiger partial charge in [-0.1, -0.05) is 30.3 Å². The fourth-order valence-electron chi connectivity index (χ4n) is 3.61. The van der Waals surface area contributed by atoms with Gasteiger partial charge in [-0.2, -0.15) is 0 Å². The van der Waals surface area contributed by atoms with E-state index in [9.17, 15) is 9.90 Å². The van der Waals surface area contributed by atoms with Crippen molar-refractivity contribution in [3.8, 4) is 0 Å². The van der Waals surface area contributed by atoms with E-state index in [1.54, 1.807) is 4.90 Å². The summed E-state index contributed by atoms with van der Waals surface area (Å²) in [5.74, 6) is 0.349. The minimum Gasteiger partial charge on any atom is -0.388 e. The Hall–Kier alpha value is -1.72. The standard InChI is InChI=1S/C19H22N2O2S/c22-18(21-10-4-9-19(23,13-21)15-7-8-15)16-12-24-17(20-16)11-14-5-2-1-3-6-14/h1-3,5-6,12,15,23H,4,7-11,13H2. The SMILES string of the molecule is O=C(c1csc(Cc2ccccc2)n1)N1CCCC(O)(C2CC2)C1. The Bertz CT molecular complexity index is 726. The van der Waals surface area contributed by atoms with Crippen LogP contribution in [0.15, 0.2) is 35.7 Å². The number of hydrogen-bond acceptors (Lipinski definition) is 4. The van der Waals surface area contributed by atoms with Gasteiger partial charge in [0.15, 0.2) is 0 Å². The van der Waals surface area contributed by atoms with E-state index in [4.69, 9.17) is 0 Å². The number of piperidine rings is 1. The van der Waals surface area contributed by atoms with E-state index in [2.05, 4.69) is 17.1 Å². The summed E-state index contributed by atoms with van der Waals surface area (Å²) in [5, 5.41) is 13.6. The lowest BCUT2D eigenvalue weighted by Gasteiger charge is -2.39. The maximum absolute atomic E-state index is 12.8. The zero-order valence-electron chi connectivity index (χ0n) is 13.6. The van der Waals surface area contributed by atoms with Gasteiger partial charge in [0.2, 0.25) is 0 Å². The topological polar surface area (TPSA) is 53.4 Å². The molecule has 2 aliphatic rings. The third-order valence-electron chi connectivity index (χ3n) is 5.10. The highest BCUT2D eigenvalue weighted by Gasteiger charge is 2.47. The molecular weight excluding hydrogens is 320 g/mol. The summed E-state index contributed by atoms with van der Waals surface area (Å²) in [6, 6.07) is 10.2. The summed E-state index contributed by atoms with van der Waals surface area (Å²) in [5.41, 5.74) is 1.05. The van der Waals surface area contributed by atoms with E-state index in [-0.39, 0.29) is 5.91 Å². The van der Waals surface area contributed by atoms with Gasteiger partial charge in [-0.05, 0) is 37.2 Å². The third-order valence-corrected chi connectivity index (χ3v) is 5.94. The van der Waals surface area contributed by atoms with Crippen molar-refractivity contribution in [1.82, 2.24) is 9.88 Å². The van der Waals surface area contributed by atoms with Gasteiger partial charge >= 0.3 is 0 Å². The summed E-state index contributed by atoms with van der Waals surface area (Å²) in [7, 11) is 0. The molecule has 0 spiro atoms. The number of carbonyl (C=O) groups excluding carboxylic acids is 1. The molecule has 4 nitrogen and oxygen atoms in total. The molecule has 0 bridgehead atoms. The van der Waals surface area contributed by atoms with Gasteiger partial charge in [-0.25, -0.2) is 4.98 Å². The van der Waals surface area contributed by atoms with Crippen LogP contribution in [0.1, 0.15) is 46.7 Å². The van der Waals surface area contributed by atoms with E-state index < -0.39 is 5.60 Å². The van der Waals surface area contributed by atoms with Crippen LogP contribution in [0.3, 0.4) is 0 Å². The number of amides is 1. The molecule has 2 heterocycles. The summed E-state index contributed by atoms with van der Waals surface area (Å²) >= 11 is 1.53. The minimum atomic E-state index is -0.670. The molecule has 1 saturated heterocycles. The predicted molar refractivity (Wildman–Crippen MR) is 94.2 cm³/mol. The molecule has 24 heavy (non-hydrogen) atoms. The number of rotatable bonds is 4. The zero-order valence-corrected chi connectivity index (χ0v) is 14.5. The van der Waals surface area contributed by atoms with E-state index in [1.165, 1.54) is 16.9 Å². The lowest BCUT2D eigenvalue weighted by Crippen LogP contribution is -2.51. The van der Waals surface area contributed by atoms with Gasteiger partial charge in [0.05, 0.1) is 17.2 Å². The second-order valence-electron chi connectivity index (χ2n) is 7.00. The van der Waals surface area contributed by atoms with Crippen molar-refractivity contribution in [3.63, 3.8) is 0 Å². The molecule has 1 aromatic carbocycles. The van der Waals surface area contributed by atoms with Crippen molar-refractivity contribution < 1.29 is 9.90 Å². The van der Waals surface area contributed by atoms with Crippen LogP contribution < -0.4 is 0 Å². The average molecular weight is 342 g/mol. The highest BCUT2D eigenvalue weighted by atomic mass is 32.1. The molecule has 1 aliphatic heterocycles. The van der Waals surface area contributed by atoms with Crippen LogP contribution in [-0.2, 0) is 6.42 Å². The molecular formula is C19H22N2O2S. The average Bonchev–Trinajstić information content (AvgIpc) is 3.37. The first-order valence-electron chi connectivity index (χ1n) is 8.64. The van der Waals surface area contributed by atoms with Gasteiger partial charge in [-0.15, -0.1) is 11.3 Å². The third kappa shape index (κ3) is 3.23. The van der Waals surface area contributed by atoms with E-state index >= 15 is 0 Å². The van der Waals surface area contributed by atoms with Crippen LogP contribution >= 0.6 is 11.3 Å². The first-order chi connectivity index (χ1) is 11.6. The van der Waals surface area contributed by atoms with Crippen molar-refractivity contribution >= 4 is 17.2 Å². The van der Waals surface area contributed by atoms with Gasteiger partial charge < -0.3 is 10.0 Å². The number of likely N-dealkylation sites (tertiary alicyclic amines) is 1. The molecule has 1 atom stereocenters. The van der Waals surface area contributed by atoms with Crippen molar-refractivity contribution in [2.45, 2.75) is 37.7 Å². The second kappa shape index (κ2) is 6.30. The molecule has 0 radical (unpaired) electrons. The fraction of sp³-hybridized carbons (Fsp3) is 0.474. The first-order valence-corrected chi connectivity index (χ1v) is 9.52. The number of carbonyl (C=O) groups is 1. The molecule has 2 aromatic rings. The Morgan fingerprint density at radius 1 is 1.33 bits per heavy atom. The van der Waals surface area contributed by atoms with E-state index in [0.717, 1.165) is 43.7 Å². The van der Waals surface area contributed by atoms with Gasteiger partial charge in [0.1, 0.15) is 5.69 Å². The van der Waals surface area contributed by atoms with Crippen molar-refractivity contribution in [1.29, 1.82) is 0 Å². The van der Waals surface area contributed by atoms with Crippen LogP contribution in [0.4, 0.5) is 0 Å². The lowest BCUT2D eigenvalue weighted by atomic mass is 9.88. The second-order valence-corrected chi connectivity index (χ2v) is 7.94. The Labute approximate surface area is 146 Å². The number of benzene rings is 1. The van der Waals surface area contributed by atoms with E-state index in [1.807, 2.05) is 23.6 Å². The van der Waals surface area contributed by atoms with Crippen LogP contribution in [0, 0.1) is 5.92 Å². The number of nitrogens with zero attached hydrogens (tertiary/aromatic N) is 2. The summed E-state index contributed by atoms with van der Waals surface area (Å²) < 4.78 is 0. The molecule has 1 aromatic heterocycles. The summed E-state index contributed by atoms with van der Waals surface area (Å²) in [6.07, 6.45) is 4.63. The largest absolute Gasteiger partial charge is 0.388 e. The van der Waals surface area contributed by atoms with Gasteiger partial charge in [-0.3, -0.25) is 4.79 Å². The molecule has 1 unspecified atom stereocenters. The number of aromatic nitrogens is 1. The molecule has 4 rings (SSSR count).